The van der Waals surface area contributed by atoms with E-state index in [1.165, 1.54) is 38.4 Å². The van der Waals surface area contributed by atoms with Gasteiger partial charge in [-0.3, -0.25) is 9.10 Å². The summed E-state index contributed by atoms with van der Waals surface area (Å²) in [7, 11) is -1.46. The summed E-state index contributed by atoms with van der Waals surface area (Å²) in [6.07, 6.45) is 0. The molecule has 0 unspecified atom stereocenters. The molecule has 2 aromatic carbocycles. The van der Waals surface area contributed by atoms with Crippen LogP contribution in [0.25, 0.3) is 0 Å². The van der Waals surface area contributed by atoms with Crippen molar-refractivity contribution in [2.75, 3.05) is 30.4 Å². The van der Waals surface area contributed by atoms with Crippen LogP contribution in [-0.4, -0.2) is 35.1 Å². The van der Waals surface area contributed by atoms with Crippen LogP contribution in [0.3, 0.4) is 0 Å². The number of sulfonamides is 1. The standard InChI is InChI=1S/C21H19Cl2FN2O5S2/c1-4-31-16-8-6-13(10-17(16)30-3)26(2)33(28,29)18-11-19(23)32-20(18)21(27)25-15-9-12(22)5-7-14(15)24/h5-11H,4H2,1-3H3,(H,25,27). The summed E-state index contributed by atoms with van der Waals surface area (Å²) in [6, 6.07) is 9.43. The lowest BCUT2D eigenvalue weighted by Crippen LogP contribution is -2.28. The Morgan fingerprint density at radius 3 is 2.55 bits per heavy atom. The molecule has 0 aliphatic carbocycles. The molecule has 1 heterocycles. The van der Waals surface area contributed by atoms with E-state index < -0.39 is 21.7 Å². The number of hydrogen-bond acceptors (Lipinski definition) is 6. The number of methoxy groups -OCH3 is 1. The van der Waals surface area contributed by atoms with Gasteiger partial charge in [0.1, 0.15) is 15.6 Å². The molecule has 0 saturated carbocycles. The van der Waals surface area contributed by atoms with Gasteiger partial charge in [-0.15, -0.1) is 11.3 Å². The maximum absolute atomic E-state index is 14.0. The minimum absolute atomic E-state index is 0.0722. The summed E-state index contributed by atoms with van der Waals surface area (Å²) in [5.41, 5.74) is 0.0786. The van der Waals surface area contributed by atoms with Gasteiger partial charge in [0.05, 0.1) is 29.4 Å². The number of carbonyl (C=O) groups excluding carboxylic acids is 1. The third-order valence-corrected chi connectivity index (χ3v) is 7.94. The van der Waals surface area contributed by atoms with Crippen LogP contribution in [0.5, 0.6) is 11.5 Å². The zero-order valence-corrected chi connectivity index (χ0v) is 20.8. The lowest BCUT2D eigenvalue weighted by Gasteiger charge is -2.21. The summed E-state index contributed by atoms with van der Waals surface area (Å²) >= 11 is 12.7. The number of carbonyl (C=O) groups is 1. The molecule has 3 rings (SSSR count). The number of hydrogen-bond donors (Lipinski definition) is 1. The lowest BCUT2D eigenvalue weighted by atomic mass is 10.3. The Kier molecular flexibility index (Phi) is 7.73. The monoisotopic (exact) mass is 532 g/mol. The average Bonchev–Trinajstić information content (AvgIpc) is 3.19. The minimum Gasteiger partial charge on any atom is -0.493 e. The van der Waals surface area contributed by atoms with Crippen molar-refractivity contribution in [3.63, 3.8) is 0 Å². The molecular formula is C21H19Cl2FN2O5S2. The first-order valence-electron chi connectivity index (χ1n) is 9.44. The van der Waals surface area contributed by atoms with Crippen LogP contribution in [0.2, 0.25) is 9.36 Å². The second-order valence-electron chi connectivity index (χ2n) is 6.56. The molecule has 33 heavy (non-hydrogen) atoms. The Hall–Kier alpha value is -2.53. The van der Waals surface area contributed by atoms with Gasteiger partial charge in [-0.25, -0.2) is 12.8 Å². The second kappa shape index (κ2) is 10.2. The molecule has 3 aromatic rings. The smallest absolute Gasteiger partial charge is 0.267 e. The molecule has 7 nitrogen and oxygen atoms in total. The fraction of sp³-hybridized carbons (Fsp3) is 0.190. The molecule has 0 bridgehead atoms. The van der Waals surface area contributed by atoms with Gasteiger partial charge in [0.15, 0.2) is 11.5 Å². The van der Waals surface area contributed by atoms with E-state index >= 15 is 0 Å². The fourth-order valence-electron chi connectivity index (χ4n) is 2.88. The number of nitrogens with one attached hydrogen (secondary N) is 1. The Labute approximate surface area is 204 Å². The van der Waals surface area contributed by atoms with Crippen LogP contribution in [0.15, 0.2) is 47.4 Å². The third-order valence-electron chi connectivity index (χ3n) is 4.50. The van der Waals surface area contributed by atoms with E-state index in [1.54, 1.807) is 12.1 Å². The summed E-state index contributed by atoms with van der Waals surface area (Å²) in [4.78, 5) is 12.3. The van der Waals surface area contributed by atoms with Gasteiger partial charge >= 0.3 is 0 Å². The zero-order valence-electron chi connectivity index (χ0n) is 17.7. The van der Waals surface area contributed by atoms with Gasteiger partial charge in [0.25, 0.3) is 15.9 Å². The van der Waals surface area contributed by atoms with Gasteiger partial charge in [0, 0.05) is 18.1 Å². The van der Waals surface area contributed by atoms with Gasteiger partial charge < -0.3 is 14.8 Å². The Bertz CT molecular complexity index is 1300. The predicted molar refractivity (Wildman–Crippen MR) is 128 cm³/mol. The first-order valence-corrected chi connectivity index (χ1v) is 12.4. The Morgan fingerprint density at radius 1 is 1.15 bits per heavy atom. The maximum Gasteiger partial charge on any atom is 0.267 e. The number of benzene rings is 2. The Morgan fingerprint density at radius 2 is 1.88 bits per heavy atom. The van der Waals surface area contributed by atoms with Gasteiger partial charge in [-0.2, -0.15) is 0 Å². The molecule has 12 heteroatoms. The number of ether oxygens (including phenoxy) is 2. The van der Waals surface area contributed by atoms with Gasteiger partial charge in [0.2, 0.25) is 0 Å². The maximum atomic E-state index is 14.0. The van der Waals surface area contributed by atoms with Gasteiger partial charge in [-0.1, -0.05) is 23.2 Å². The van der Waals surface area contributed by atoms with E-state index in [4.69, 9.17) is 32.7 Å². The van der Waals surface area contributed by atoms with Crippen molar-refractivity contribution in [1.82, 2.24) is 0 Å². The van der Waals surface area contributed by atoms with Gasteiger partial charge in [-0.05, 0) is 43.3 Å². The zero-order chi connectivity index (χ0) is 24.3. The minimum atomic E-state index is -4.23. The molecular weight excluding hydrogens is 514 g/mol. The van der Waals surface area contributed by atoms with Crippen LogP contribution in [0.4, 0.5) is 15.8 Å². The molecule has 1 amide bonds. The predicted octanol–water partition coefficient (Wildman–Crippen LogP) is 5.68. The largest absolute Gasteiger partial charge is 0.493 e. The van der Waals surface area contributed by atoms with Crippen molar-refractivity contribution in [2.45, 2.75) is 11.8 Å². The van der Waals surface area contributed by atoms with E-state index in [0.29, 0.717) is 18.1 Å². The highest BCUT2D eigenvalue weighted by Crippen LogP contribution is 2.37. The number of thiophene rings is 1. The van der Waals surface area contributed by atoms with Crippen molar-refractivity contribution in [3.05, 3.63) is 62.5 Å². The molecule has 0 fully saturated rings. The van der Waals surface area contributed by atoms with Crippen LogP contribution in [0, 0.1) is 5.82 Å². The van der Waals surface area contributed by atoms with E-state index in [-0.39, 0.29) is 30.5 Å². The molecule has 0 atom stereocenters. The molecule has 1 N–H and O–H groups in total. The van der Waals surface area contributed by atoms with Crippen molar-refractivity contribution in [1.29, 1.82) is 0 Å². The molecule has 0 radical (unpaired) electrons. The third kappa shape index (κ3) is 5.35. The first-order chi connectivity index (χ1) is 15.6. The first kappa shape index (κ1) is 25.1. The Balaban J connectivity index is 1.97. The van der Waals surface area contributed by atoms with Crippen molar-refractivity contribution < 1.29 is 27.1 Å². The molecule has 176 valence electrons. The molecule has 0 spiro atoms. The molecule has 0 aliphatic rings. The highest BCUT2D eigenvalue weighted by molar-refractivity contribution is 7.93. The fourth-order valence-corrected chi connectivity index (χ4v) is 5.93. The number of halogens is 3. The van der Waals surface area contributed by atoms with E-state index in [2.05, 4.69) is 5.32 Å². The van der Waals surface area contributed by atoms with Crippen LogP contribution < -0.4 is 19.1 Å². The van der Waals surface area contributed by atoms with E-state index in [0.717, 1.165) is 21.7 Å². The topological polar surface area (TPSA) is 84.9 Å². The highest BCUT2D eigenvalue weighted by Gasteiger charge is 2.30. The number of nitrogens with zero attached hydrogens (tertiary/aromatic N) is 1. The quantitative estimate of drug-likeness (QED) is 0.403. The van der Waals surface area contributed by atoms with E-state index in [9.17, 15) is 17.6 Å². The van der Waals surface area contributed by atoms with Crippen LogP contribution >= 0.6 is 34.5 Å². The normalized spacial score (nSPS) is 11.2. The lowest BCUT2D eigenvalue weighted by molar-refractivity contribution is 0.102. The summed E-state index contributed by atoms with van der Waals surface area (Å²) in [5.74, 6) is -0.770. The van der Waals surface area contributed by atoms with Crippen LogP contribution in [0.1, 0.15) is 16.6 Å². The summed E-state index contributed by atoms with van der Waals surface area (Å²) in [6.45, 7) is 2.22. The average molecular weight is 533 g/mol. The highest BCUT2D eigenvalue weighted by atomic mass is 35.5. The molecule has 0 saturated heterocycles. The van der Waals surface area contributed by atoms with Crippen molar-refractivity contribution in [2.24, 2.45) is 0 Å². The van der Waals surface area contributed by atoms with Crippen LogP contribution in [-0.2, 0) is 10.0 Å². The number of amides is 1. The summed E-state index contributed by atoms with van der Waals surface area (Å²) < 4.78 is 52.6. The molecule has 0 aliphatic heterocycles. The number of rotatable bonds is 8. The summed E-state index contributed by atoms with van der Waals surface area (Å²) in [5, 5.41) is 2.55. The SMILES string of the molecule is CCOc1ccc(N(C)S(=O)(=O)c2cc(Cl)sc2C(=O)Nc2cc(Cl)ccc2F)cc1OC. The van der Waals surface area contributed by atoms with Crippen molar-refractivity contribution >= 4 is 61.8 Å². The second-order valence-corrected chi connectivity index (χ2v) is 10.6. The van der Waals surface area contributed by atoms with Crippen molar-refractivity contribution in [3.8, 4) is 11.5 Å². The number of anilines is 2. The molecule has 1 aromatic heterocycles. The van der Waals surface area contributed by atoms with E-state index in [1.807, 2.05) is 6.92 Å².